The van der Waals surface area contributed by atoms with Crippen LogP contribution in [-0.4, -0.2) is 19.2 Å². The molecular weight excluding hydrogens is 224 g/mol. The van der Waals surface area contributed by atoms with Crippen molar-refractivity contribution in [1.29, 1.82) is 0 Å². The Labute approximate surface area is 108 Å². The first-order valence-corrected chi connectivity index (χ1v) is 5.78. The number of aryl methyl sites for hydroxylation is 1. The van der Waals surface area contributed by atoms with Gasteiger partial charge in [-0.25, -0.2) is 0 Å². The van der Waals surface area contributed by atoms with Gasteiger partial charge >= 0.3 is 0 Å². The van der Waals surface area contributed by atoms with Crippen molar-refractivity contribution >= 4 is 11.4 Å². The van der Waals surface area contributed by atoms with Gasteiger partial charge in [-0.1, -0.05) is 29.8 Å². The zero-order chi connectivity index (χ0) is 13.5. The van der Waals surface area contributed by atoms with Crippen LogP contribution in [-0.2, 0) is 0 Å². The molecule has 3 nitrogen and oxygen atoms in total. The molecule has 0 aliphatic rings. The Kier molecular flexibility index (Phi) is 5.06. The summed E-state index contributed by atoms with van der Waals surface area (Å²) in [4.78, 5) is 2.10. The number of benzene rings is 2. The molecule has 0 aromatic heterocycles. The largest absolute Gasteiger partial charge is 0.506 e. The number of nitrogens with two attached hydrogens (primary N) is 1. The fourth-order valence-electron chi connectivity index (χ4n) is 1.33. The summed E-state index contributed by atoms with van der Waals surface area (Å²) in [7, 11) is 4.09. The summed E-state index contributed by atoms with van der Waals surface area (Å²) in [5.41, 5.74) is 8.26. The van der Waals surface area contributed by atoms with Gasteiger partial charge in [0.25, 0.3) is 0 Å². The Morgan fingerprint density at radius 1 is 0.944 bits per heavy atom. The van der Waals surface area contributed by atoms with Crippen LogP contribution in [0.25, 0.3) is 0 Å². The summed E-state index contributed by atoms with van der Waals surface area (Å²) in [6.07, 6.45) is 0. The molecular formula is C15H20N2O. The standard InChI is InChI=1S/C9H13N.C6H7NO/c1-8-4-6-9(7-5-8)10(2)3;7-5-3-1-2-4-6(5)8/h4-7H,1-3H3;1-4,8H,7H2. The van der Waals surface area contributed by atoms with Crippen LogP contribution in [0.4, 0.5) is 11.4 Å². The highest BCUT2D eigenvalue weighted by atomic mass is 16.3. The average Bonchev–Trinajstić information content (AvgIpc) is 2.34. The zero-order valence-corrected chi connectivity index (χ0v) is 11.1. The maximum Gasteiger partial charge on any atom is 0.138 e. The van der Waals surface area contributed by atoms with Gasteiger partial charge in [-0.05, 0) is 31.2 Å². The third-order valence-electron chi connectivity index (χ3n) is 2.49. The molecule has 2 aromatic rings. The molecule has 0 saturated carbocycles. The molecule has 18 heavy (non-hydrogen) atoms. The Morgan fingerprint density at radius 3 is 1.89 bits per heavy atom. The van der Waals surface area contributed by atoms with Crippen molar-refractivity contribution in [3.63, 3.8) is 0 Å². The van der Waals surface area contributed by atoms with Crippen molar-refractivity contribution in [2.75, 3.05) is 24.7 Å². The lowest BCUT2D eigenvalue weighted by Gasteiger charge is -2.11. The number of phenolic OH excluding ortho intramolecular Hbond substituents is 1. The van der Waals surface area contributed by atoms with Crippen LogP contribution in [0.1, 0.15) is 5.56 Å². The summed E-state index contributed by atoms with van der Waals surface area (Å²) in [6, 6.07) is 15.2. The minimum absolute atomic E-state index is 0.146. The maximum atomic E-state index is 8.79. The number of hydrogen-bond acceptors (Lipinski definition) is 3. The van der Waals surface area contributed by atoms with Crippen molar-refractivity contribution in [1.82, 2.24) is 0 Å². The second-order valence-electron chi connectivity index (χ2n) is 4.29. The summed E-state index contributed by atoms with van der Waals surface area (Å²) < 4.78 is 0. The highest BCUT2D eigenvalue weighted by molar-refractivity contribution is 5.50. The molecule has 0 fully saturated rings. The highest BCUT2D eigenvalue weighted by Crippen LogP contribution is 2.16. The van der Waals surface area contributed by atoms with Gasteiger partial charge in [-0.2, -0.15) is 0 Å². The van der Waals surface area contributed by atoms with Gasteiger partial charge in [0.15, 0.2) is 0 Å². The molecule has 2 aromatic carbocycles. The lowest BCUT2D eigenvalue weighted by molar-refractivity contribution is 0.478. The second-order valence-corrected chi connectivity index (χ2v) is 4.29. The third-order valence-corrected chi connectivity index (χ3v) is 2.49. The lowest BCUT2D eigenvalue weighted by Crippen LogP contribution is -2.07. The smallest absolute Gasteiger partial charge is 0.138 e. The molecule has 0 atom stereocenters. The number of anilines is 2. The van der Waals surface area contributed by atoms with E-state index in [0.717, 1.165) is 0 Å². The Balaban J connectivity index is 0.000000184. The first-order chi connectivity index (χ1) is 8.50. The number of nitrogen functional groups attached to an aromatic ring is 1. The minimum atomic E-state index is 0.146. The van der Waals surface area contributed by atoms with Crippen molar-refractivity contribution in [3.05, 3.63) is 54.1 Å². The van der Waals surface area contributed by atoms with E-state index in [-0.39, 0.29) is 5.75 Å². The van der Waals surface area contributed by atoms with E-state index in [1.54, 1.807) is 24.3 Å². The molecule has 0 saturated heterocycles. The number of nitrogens with zero attached hydrogens (tertiary/aromatic N) is 1. The highest BCUT2D eigenvalue weighted by Gasteiger charge is 1.90. The van der Waals surface area contributed by atoms with E-state index < -0.39 is 0 Å². The van der Waals surface area contributed by atoms with Gasteiger partial charge < -0.3 is 15.7 Å². The van der Waals surface area contributed by atoms with Gasteiger partial charge in [0, 0.05) is 19.8 Å². The van der Waals surface area contributed by atoms with Crippen LogP contribution in [0.2, 0.25) is 0 Å². The predicted molar refractivity (Wildman–Crippen MR) is 78.0 cm³/mol. The molecule has 96 valence electrons. The SMILES string of the molecule is Cc1ccc(N(C)C)cc1.Nc1ccccc1O. The number of para-hydroxylation sites is 2. The van der Waals surface area contributed by atoms with Gasteiger partial charge in [0.05, 0.1) is 5.69 Å². The number of rotatable bonds is 1. The number of aromatic hydroxyl groups is 1. The Bertz CT molecular complexity index is 457. The topological polar surface area (TPSA) is 49.5 Å². The van der Waals surface area contributed by atoms with Gasteiger partial charge in [0.2, 0.25) is 0 Å². The number of hydrogen-bond donors (Lipinski definition) is 2. The first-order valence-electron chi connectivity index (χ1n) is 5.78. The van der Waals surface area contributed by atoms with E-state index in [4.69, 9.17) is 10.8 Å². The molecule has 0 radical (unpaired) electrons. The first kappa shape index (κ1) is 13.9. The molecule has 0 amide bonds. The van der Waals surface area contributed by atoms with Crippen molar-refractivity contribution in [2.24, 2.45) is 0 Å². The molecule has 0 bridgehead atoms. The van der Waals surface area contributed by atoms with Crippen molar-refractivity contribution < 1.29 is 5.11 Å². The van der Waals surface area contributed by atoms with E-state index >= 15 is 0 Å². The van der Waals surface area contributed by atoms with Crippen LogP contribution in [0.15, 0.2) is 48.5 Å². The fraction of sp³-hybridized carbons (Fsp3) is 0.200. The monoisotopic (exact) mass is 244 g/mol. The van der Waals surface area contributed by atoms with Gasteiger partial charge in [0.1, 0.15) is 5.75 Å². The van der Waals surface area contributed by atoms with E-state index in [1.165, 1.54) is 11.3 Å². The van der Waals surface area contributed by atoms with Gasteiger partial charge in [-0.3, -0.25) is 0 Å². The second kappa shape index (κ2) is 6.55. The van der Waals surface area contributed by atoms with Crippen molar-refractivity contribution in [2.45, 2.75) is 6.92 Å². The minimum Gasteiger partial charge on any atom is -0.506 e. The summed E-state index contributed by atoms with van der Waals surface area (Å²) in [6.45, 7) is 2.10. The fourth-order valence-corrected chi connectivity index (χ4v) is 1.33. The third kappa shape index (κ3) is 4.37. The van der Waals surface area contributed by atoms with Gasteiger partial charge in [-0.15, -0.1) is 0 Å². The quantitative estimate of drug-likeness (QED) is 0.599. The van der Waals surface area contributed by atoms with E-state index in [1.807, 2.05) is 14.1 Å². The molecule has 0 spiro atoms. The molecule has 0 aliphatic carbocycles. The predicted octanol–water partition coefficient (Wildman–Crippen LogP) is 3.04. The van der Waals surface area contributed by atoms with Crippen LogP contribution in [0.3, 0.4) is 0 Å². The normalized spacial score (nSPS) is 9.28. The van der Waals surface area contributed by atoms with Crippen molar-refractivity contribution in [3.8, 4) is 5.75 Å². The number of phenols is 1. The Morgan fingerprint density at radius 2 is 1.50 bits per heavy atom. The average molecular weight is 244 g/mol. The zero-order valence-electron chi connectivity index (χ0n) is 11.1. The molecule has 3 N–H and O–H groups in total. The molecule has 0 aliphatic heterocycles. The summed E-state index contributed by atoms with van der Waals surface area (Å²) in [5, 5.41) is 8.79. The molecule has 3 heteroatoms. The molecule has 2 rings (SSSR count). The van der Waals surface area contributed by atoms with E-state index in [9.17, 15) is 0 Å². The molecule has 0 unspecified atom stereocenters. The lowest BCUT2D eigenvalue weighted by atomic mass is 10.2. The van der Waals surface area contributed by atoms with Crippen LogP contribution < -0.4 is 10.6 Å². The summed E-state index contributed by atoms with van der Waals surface area (Å²) >= 11 is 0. The van der Waals surface area contributed by atoms with E-state index in [2.05, 4.69) is 36.1 Å². The summed E-state index contributed by atoms with van der Waals surface area (Å²) in [5.74, 6) is 0.146. The van der Waals surface area contributed by atoms with Crippen LogP contribution in [0.5, 0.6) is 5.75 Å². The van der Waals surface area contributed by atoms with E-state index in [0.29, 0.717) is 5.69 Å². The molecule has 0 heterocycles. The van der Waals surface area contributed by atoms with Crippen LogP contribution >= 0.6 is 0 Å². The Hall–Kier alpha value is -2.16. The maximum absolute atomic E-state index is 8.79. The van der Waals surface area contributed by atoms with Crippen LogP contribution in [0, 0.1) is 6.92 Å².